The van der Waals surface area contributed by atoms with Gasteiger partial charge in [0.05, 0.1) is 11.9 Å². The summed E-state index contributed by atoms with van der Waals surface area (Å²) in [6.45, 7) is 1.47. The van der Waals surface area contributed by atoms with Crippen LogP contribution in [0.25, 0.3) is 0 Å². The summed E-state index contributed by atoms with van der Waals surface area (Å²) in [6.07, 6.45) is 2.98. The van der Waals surface area contributed by atoms with Crippen molar-refractivity contribution in [3.05, 3.63) is 53.1 Å². The summed E-state index contributed by atoms with van der Waals surface area (Å²) in [5.74, 6) is -0.439. The van der Waals surface area contributed by atoms with E-state index in [1.807, 2.05) is 12.3 Å². The quantitative estimate of drug-likeness (QED) is 0.752. The molecule has 0 aliphatic heterocycles. The van der Waals surface area contributed by atoms with Crippen LogP contribution in [-0.4, -0.2) is 33.4 Å². The summed E-state index contributed by atoms with van der Waals surface area (Å²) in [5.41, 5.74) is 1.74. The average Bonchev–Trinajstić information content (AvgIpc) is 2.56. The number of thioether (sulfide) groups is 1. The fourth-order valence-corrected chi connectivity index (χ4v) is 3.70. The van der Waals surface area contributed by atoms with Gasteiger partial charge in [-0.1, -0.05) is 23.7 Å². The topological polar surface area (TPSA) is 66.5 Å². The van der Waals surface area contributed by atoms with Crippen molar-refractivity contribution in [3.8, 4) is 0 Å². The molecule has 1 amide bonds. The van der Waals surface area contributed by atoms with E-state index >= 15 is 0 Å². The summed E-state index contributed by atoms with van der Waals surface area (Å²) >= 11 is 7.54. The highest BCUT2D eigenvalue weighted by Gasteiger charge is 2.21. The highest BCUT2D eigenvalue weighted by molar-refractivity contribution is 7.98. The first-order chi connectivity index (χ1) is 11.7. The third-order valence-corrected chi connectivity index (χ3v) is 5.85. The number of carbonyl (C=O) groups excluding carboxylic acids is 1. The number of hydrogen-bond acceptors (Lipinski definition) is 4. The molecule has 1 N–H and O–H groups in total. The third kappa shape index (κ3) is 5.14. The van der Waals surface area contributed by atoms with Crippen molar-refractivity contribution in [2.75, 3.05) is 28.7 Å². The third-order valence-electron chi connectivity index (χ3n) is 3.57. The van der Waals surface area contributed by atoms with Gasteiger partial charge in [0.2, 0.25) is 15.9 Å². The van der Waals surface area contributed by atoms with E-state index in [0.717, 1.165) is 21.0 Å². The minimum absolute atomic E-state index is 0.317. The number of carbonyl (C=O) groups is 1. The zero-order chi connectivity index (χ0) is 18.6. The van der Waals surface area contributed by atoms with Crippen LogP contribution in [0.4, 0.5) is 11.4 Å². The number of anilines is 2. The second-order valence-corrected chi connectivity index (χ2v) is 8.63. The van der Waals surface area contributed by atoms with E-state index in [9.17, 15) is 13.2 Å². The Morgan fingerprint density at radius 2 is 1.92 bits per heavy atom. The number of benzene rings is 2. The van der Waals surface area contributed by atoms with Crippen molar-refractivity contribution in [2.24, 2.45) is 0 Å². The lowest BCUT2D eigenvalue weighted by Gasteiger charge is -2.22. The molecule has 0 heterocycles. The molecule has 0 aliphatic carbocycles. The molecule has 0 radical (unpaired) electrons. The van der Waals surface area contributed by atoms with Gasteiger partial charge in [0.1, 0.15) is 6.54 Å². The van der Waals surface area contributed by atoms with Gasteiger partial charge >= 0.3 is 0 Å². The Balaban J connectivity index is 2.25. The summed E-state index contributed by atoms with van der Waals surface area (Å²) in [6, 6.07) is 12.2. The Morgan fingerprint density at radius 1 is 1.24 bits per heavy atom. The number of sulfonamides is 1. The molecular formula is C17H19ClN2O3S2. The lowest BCUT2D eigenvalue weighted by Crippen LogP contribution is -2.37. The predicted octanol–water partition coefficient (Wildman–Crippen LogP) is 3.78. The summed E-state index contributed by atoms with van der Waals surface area (Å²) < 4.78 is 25.4. The Labute approximate surface area is 157 Å². The molecule has 0 atom stereocenters. The summed E-state index contributed by atoms with van der Waals surface area (Å²) in [7, 11) is -3.61. The van der Waals surface area contributed by atoms with E-state index in [1.165, 1.54) is 11.8 Å². The molecule has 0 fully saturated rings. The maximum absolute atomic E-state index is 12.4. The van der Waals surface area contributed by atoms with Crippen LogP contribution in [-0.2, 0) is 14.8 Å². The fourth-order valence-electron chi connectivity index (χ4n) is 2.23. The van der Waals surface area contributed by atoms with Gasteiger partial charge < -0.3 is 5.32 Å². The average molecular weight is 399 g/mol. The Morgan fingerprint density at radius 3 is 2.56 bits per heavy atom. The molecular weight excluding hydrogens is 380 g/mol. The van der Waals surface area contributed by atoms with Gasteiger partial charge in [-0.25, -0.2) is 8.42 Å². The van der Waals surface area contributed by atoms with E-state index in [-0.39, 0.29) is 6.54 Å². The van der Waals surface area contributed by atoms with E-state index < -0.39 is 15.9 Å². The van der Waals surface area contributed by atoms with Gasteiger partial charge in [0, 0.05) is 15.6 Å². The van der Waals surface area contributed by atoms with Gasteiger partial charge in [0.15, 0.2) is 0 Å². The zero-order valence-corrected chi connectivity index (χ0v) is 16.5. The molecule has 0 saturated carbocycles. The molecule has 8 heteroatoms. The minimum Gasteiger partial charge on any atom is -0.324 e. The van der Waals surface area contributed by atoms with Crippen LogP contribution in [0, 0.1) is 6.92 Å². The molecule has 25 heavy (non-hydrogen) atoms. The van der Waals surface area contributed by atoms with Crippen LogP contribution in [0.1, 0.15) is 5.56 Å². The lowest BCUT2D eigenvalue weighted by atomic mass is 10.2. The molecule has 0 aromatic heterocycles. The summed E-state index contributed by atoms with van der Waals surface area (Å²) in [5, 5.41) is 3.25. The maximum Gasteiger partial charge on any atom is 0.245 e. The molecule has 2 aromatic carbocycles. The predicted molar refractivity (Wildman–Crippen MR) is 105 cm³/mol. The Kier molecular flexibility index (Phi) is 6.37. The van der Waals surface area contributed by atoms with Crippen molar-refractivity contribution >= 4 is 50.7 Å². The fraction of sp³-hybridized carbons (Fsp3) is 0.235. The van der Waals surface area contributed by atoms with Crippen LogP contribution >= 0.6 is 23.4 Å². The van der Waals surface area contributed by atoms with Gasteiger partial charge in [-0.15, -0.1) is 11.8 Å². The second-order valence-electron chi connectivity index (χ2n) is 5.43. The minimum atomic E-state index is -3.61. The summed E-state index contributed by atoms with van der Waals surface area (Å²) in [4.78, 5) is 13.3. The van der Waals surface area contributed by atoms with E-state index in [4.69, 9.17) is 11.6 Å². The molecule has 0 unspecified atom stereocenters. The largest absolute Gasteiger partial charge is 0.324 e. The van der Waals surface area contributed by atoms with Crippen molar-refractivity contribution in [1.29, 1.82) is 0 Å². The van der Waals surface area contributed by atoms with Crippen LogP contribution in [0.15, 0.2) is 47.4 Å². The van der Waals surface area contributed by atoms with Gasteiger partial charge in [-0.2, -0.15) is 0 Å². The molecule has 0 saturated heterocycles. The van der Waals surface area contributed by atoms with E-state index in [1.54, 1.807) is 43.3 Å². The van der Waals surface area contributed by atoms with Crippen molar-refractivity contribution in [1.82, 2.24) is 0 Å². The van der Waals surface area contributed by atoms with Crippen LogP contribution in [0.2, 0.25) is 5.02 Å². The Hall–Kier alpha value is -1.70. The first-order valence-corrected chi connectivity index (χ1v) is 10.8. The monoisotopic (exact) mass is 398 g/mol. The van der Waals surface area contributed by atoms with Crippen molar-refractivity contribution in [3.63, 3.8) is 0 Å². The van der Waals surface area contributed by atoms with Crippen LogP contribution in [0.5, 0.6) is 0 Å². The normalized spacial score (nSPS) is 11.2. The smallest absolute Gasteiger partial charge is 0.245 e. The molecule has 0 spiro atoms. The number of halogens is 1. The molecule has 0 bridgehead atoms. The van der Waals surface area contributed by atoms with Gasteiger partial charge in [-0.05, 0) is 49.1 Å². The van der Waals surface area contributed by atoms with Crippen molar-refractivity contribution in [2.45, 2.75) is 11.8 Å². The first kappa shape index (κ1) is 19.6. The number of hydrogen-bond donors (Lipinski definition) is 1. The maximum atomic E-state index is 12.4. The number of amides is 1. The number of nitrogens with zero attached hydrogens (tertiary/aromatic N) is 1. The molecule has 0 aliphatic rings. The zero-order valence-electron chi connectivity index (χ0n) is 14.1. The lowest BCUT2D eigenvalue weighted by molar-refractivity contribution is -0.114. The molecule has 2 aromatic rings. The van der Waals surface area contributed by atoms with Crippen LogP contribution < -0.4 is 9.62 Å². The first-order valence-electron chi connectivity index (χ1n) is 7.39. The molecule has 134 valence electrons. The number of nitrogens with one attached hydrogen (secondary N) is 1. The Bertz CT molecular complexity index is 885. The second kappa shape index (κ2) is 8.12. The van der Waals surface area contributed by atoms with Crippen LogP contribution in [0.3, 0.4) is 0 Å². The molecule has 5 nitrogen and oxygen atoms in total. The SMILES string of the molecule is CSc1cccc(N(CC(=O)Nc2cccc(Cl)c2C)S(C)(=O)=O)c1. The highest BCUT2D eigenvalue weighted by atomic mass is 35.5. The molecule has 2 rings (SSSR count). The highest BCUT2D eigenvalue weighted by Crippen LogP contribution is 2.25. The number of rotatable bonds is 6. The van der Waals surface area contributed by atoms with Gasteiger partial charge in [0.25, 0.3) is 0 Å². The standard InChI is InChI=1S/C17H19ClN2O3S2/c1-12-15(18)8-5-9-16(12)19-17(21)11-20(25(3,22)23)13-6-4-7-14(10-13)24-2/h4-10H,11H2,1-3H3,(H,19,21). The van der Waals surface area contributed by atoms with Crippen molar-refractivity contribution < 1.29 is 13.2 Å². The van der Waals surface area contributed by atoms with Gasteiger partial charge in [-0.3, -0.25) is 9.10 Å². The van der Waals surface area contributed by atoms with E-state index in [0.29, 0.717) is 16.4 Å². The van der Waals surface area contributed by atoms with E-state index in [2.05, 4.69) is 5.32 Å².